The molecule has 0 saturated carbocycles. The maximum absolute atomic E-state index is 12.3. The first kappa shape index (κ1) is 19.6. The van der Waals surface area contributed by atoms with E-state index in [9.17, 15) is 9.59 Å². The van der Waals surface area contributed by atoms with Crippen LogP contribution in [0.1, 0.15) is 16.8 Å². The van der Waals surface area contributed by atoms with Gasteiger partial charge in [-0.3, -0.25) is 9.59 Å². The first-order valence-corrected chi connectivity index (χ1v) is 8.76. The summed E-state index contributed by atoms with van der Waals surface area (Å²) in [7, 11) is 1.44. The van der Waals surface area contributed by atoms with Crippen molar-refractivity contribution in [2.75, 3.05) is 20.4 Å². The molecule has 0 radical (unpaired) electrons. The summed E-state index contributed by atoms with van der Waals surface area (Å²) < 4.78 is 15.9. The number of hydrogen-bond donors (Lipinski definition) is 2. The van der Waals surface area contributed by atoms with Crippen LogP contribution in [0.4, 0.5) is 0 Å². The van der Waals surface area contributed by atoms with E-state index in [2.05, 4.69) is 5.32 Å². The second-order valence-electron chi connectivity index (χ2n) is 6.23. The van der Waals surface area contributed by atoms with E-state index in [0.29, 0.717) is 5.56 Å². The molecule has 1 amide bonds. The van der Waals surface area contributed by atoms with E-state index in [4.69, 9.17) is 19.0 Å². The van der Waals surface area contributed by atoms with Crippen LogP contribution in [0.5, 0.6) is 0 Å². The van der Waals surface area contributed by atoms with E-state index in [1.54, 1.807) is 12.1 Å². The number of carbonyl (C=O) groups excluding carboxylic acids is 1. The summed E-state index contributed by atoms with van der Waals surface area (Å²) in [5, 5.41) is 12.6. The molecule has 3 aromatic rings. The molecule has 2 N–H and O–H groups in total. The number of furan rings is 1. The minimum Gasteiger partial charge on any atom is -0.481 e. The summed E-state index contributed by atoms with van der Waals surface area (Å²) in [4.78, 5) is 23.2. The predicted molar refractivity (Wildman–Crippen MR) is 103 cm³/mol. The van der Waals surface area contributed by atoms with E-state index < -0.39 is 12.1 Å². The Kier molecular flexibility index (Phi) is 6.41. The Labute approximate surface area is 161 Å². The van der Waals surface area contributed by atoms with E-state index in [-0.39, 0.29) is 25.7 Å². The van der Waals surface area contributed by atoms with Gasteiger partial charge in [0.15, 0.2) is 0 Å². The number of ether oxygens (including phenoxy) is 2. The molecule has 0 aliphatic carbocycles. The van der Waals surface area contributed by atoms with Crippen LogP contribution < -0.4 is 5.32 Å². The lowest BCUT2D eigenvalue weighted by molar-refractivity contribution is -0.143. The van der Waals surface area contributed by atoms with Crippen LogP contribution in [0.25, 0.3) is 22.3 Å². The lowest BCUT2D eigenvalue weighted by atomic mass is 10.1. The molecule has 7 nitrogen and oxygen atoms in total. The van der Waals surface area contributed by atoms with Gasteiger partial charge in [0, 0.05) is 30.2 Å². The van der Waals surface area contributed by atoms with Gasteiger partial charge in [-0.05, 0) is 24.3 Å². The summed E-state index contributed by atoms with van der Waals surface area (Å²) in [5.74, 6) is -0.597. The Balaban J connectivity index is 1.63. The average molecular weight is 383 g/mol. The van der Waals surface area contributed by atoms with E-state index in [1.807, 2.05) is 42.5 Å². The molecular weight excluding hydrogens is 362 g/mol. The topological polar surface area (TPSA) is 98.0 Å². The number of carbonyl (C=O) groups is 2. The first-order valence-electron chi connectivity index (χ1n) is 8.76. The van der Waals surface area contributed by atoms with Gasteiger partial charge in [-0.1, -0.05) is 30.3 Å². The van der Waals surface area contributed by atoms with Gasteiger partial charge in [0.25, 0.3) is 5.91 Å². The third-order valence-corrected chi connectivity index (χ3v) is 4.17. The Morgan fingerprint density at radius 3 is 2.57 bits per heavy atom. The number of carboxylic acids is 1. The number of benzene rings is 2. The lowest BCUT2D eigenvalue weighted by Gasteiger charge is -2.16. The number of rotatable bonds is 9. The summed E-state index contributed by atoms with van der Waals surface area (Å²) >= 11 is 0. The van der Waals surface area contributed by atoms with Crippen molar-refractivity contribution in [1.29, 1.82) is 0 Å². The Morgan fingerprint density at radius 2 is 1.89 bits per heavy atom. The van der Waals surface area contributed by atoms with Crippen LogP contribution in [0.15, 0.2) is 59.0 Å². The molecule has 1 aromatic heterocycles. The fourth-order valence-electron chi connectivity index (χ4n) is 2.77. The highest BCUT2D eigenvalue weighted by molar-refractivity contribution is 5.94. The highest BCUT2D eigenvalue weighted by Crippen LogP contribution is 2.27. The van der Waals surface area contributed by atoms with Gasteiger partial charge >= 0.3 is 5.97 Å². The highest BCUT2D eigenvalue weighted by atomic mass is 16.7. The molecule has 0 spiro atoms. The van der Waals surface area contributed by atoms with Crippen LogP contribution in [-0.4, -0.2) is 43.5 Å². The van der Waals surface area contributed by atoms with Crippen LogP contribution in [0, 0.1) is 0 Å². The zero-order valence-electron chi connectivity index (χ0n) is 15.4. The van der Waals surface area contributed by atoms with Gasteiger partial charge < -0.3 is 24.3 Å². The number of fused-ring (bicyclic) bond motifs is 1. The molecule has 2 aromatic carbocycles. The maximum Gasteiger partial charge on any atom is 0.306 e. The molecule has 0 saturated heterocycles. The minimum atomic E-state index is -1.01. The molecule has 0 aliphatic heterocycles. The van der Waals surface area contributed by atoms with Gasteiger partial charge in [-0.15, -0.1) is 0 Å². The number of nitrogens with one attached hydrogen (secondary N) is 1. The Hall–Kier alpha value is -3.16. The lowest BCUT2D eigenvalue weighted by Crippen LogP contribution is -2.35. The van der Waals surface area contributed by atoms with Crippen molar-refractivity contribution in [1.82, 2.24) is 5.32 Å². The number of amides is 1. The van der Waals surface area contributed by atoms with E-state index in [0.717, 1.165) is 22.3 Å². The minimum absolute atomic E-state index is 0.0417. The Bertz CT molecular complexity index is 914. The molecular formula is C21H21NO6. The summed E-state index contributed by atoms with van der Waals surface area (Å²) in [6, 6.07) is 16.7. The van der Waals surface area contributed by atoms with Crippen molar-refractivity contribution in [2.45, 2.75) is 12.5 Å². The second kappa shape index (κ2) is 9.16. The number of para-hydroxylation sites is 1. The van der Waals surface area contributed by atoms with Gasteiger partial charge in [-0.2, -0.15) is 0 Å². The largest absolute Gasteiger partial charge is 0.481 e. The molecule has 0 bridgehead atoms. The fourth-order valence-corrected chi connectivity index (χ4v) is 2.77. The molecule has 1 unspecified atom stereocenters. The van der Waals surface area contributed by atoms with Crippen molar-refractivity contribution in [3.05, 3.63) is 60.2 Å². The molecule has 0 aliphatic rings. The van der Waals surface area contributed by atoms with Crippen molar-refractivity contribution >= 4 is 22.8 Å². The molecule has 1 heterocycles. The smallest absolute Gasteiger partial charge is 0.306 e. The average Bonchev–Trinajstić information content (AvgIpc) is 3.14. The SMILES string of the molecule is COCOC(CNC(=O)c1ccc(-c2cc3ccccc3o2)cc1)CC(=O)O. The Morgan fingerprint density at radius 1 is 1.14 bits per heavy atom. The highest BCUT2D eigenvalue weighted by Gasteiger charge is 2.16. The maximum atomic E-state index is 12.3. The molecule has 0 fully saturated rings. The van der Waals surface area contributed by atoms with Crippen LogP contribution in [0.3, 0.4) is 0 Å². The van der Waals surface area contributed by atoms with Gasteiger partial charge in [-0.25, -0.2) is 0 Å². The quantitative estimate of drug-likeness (QED) is 0.550. The van der Waals surface area contributed by atoms with Crippen LogP contribution in [0.2, 0.25) is 0 Å². The number of hydrogen-bond acceptors (Lipinski definition) is 5. The monoisotopic (exact) mass is 383 g/mol. The number of methoxy groups -OCH3 is 1. The third kappa shape index (κ3) is 4.97. The van der Waals surface area contributed by atoms with Crippen LogP contribution >= 0.6 is 0 Å². The zero-order valence-corrected chi connectivity index (χ0v) is 15.4. The molecule has 146 valence electrons. The van der Waals surface area contributed by atoms with Gasteiger partial charge in [0.2, 0.25) is 0 Å². The first-order chi connectivity index (χ1) is 13.6. The third-order valence-electron chi connectivity index (χ3n) is 4.17. The van der Waals surface area contributed by atoms with Crippen molar-refractivity contribution in [2.24, 2.45) is 0 Å². The summed E-state index contributed by atoms with van der Waals surface area (Å²) in [6.45, 7) is 0.0276. The van der Waals surface area contributed by atoms with Crippen molar-refractivity contribution in [3.8, 4) is 11.3 Å². The van der Waals surface area contributed by atoms with E-state index >= 15 is 0 Å². The second-order valence-corrected chi connectivity index (χ2v) is 6.23. The molecule has 7 heteroatoms. The number of aliphatic carboxylic acids is 1. The standard InChI is InChI=1S/C21H21NO6/c1-26-13-27-17(11-20(23)24)12-22-21(25)15-8-6-14(7-9-15)19-10-16-4-2-3-5-18(16)28-19/h2-10,17H,11-13H2,1H3,(H,22,25)(H,23,24). The van der Waals surface area contributed by atoms with E-state index in [1.165, 1.54) is 7.11 Å². The zero-order chi connectivity index (χ0) is 19.9. The molecule has 28 heavy (non-hydrogen) atoms. The van der Waals surface area contributed by atoms with Crippen LogP contribution in [-0.2, 0) is 14.3 Å². The summed E-state index contributed by atoms with van der Waals surface area (Å²) in [5.41, 5.74) is 2.13. The number of carboxylic acid groups (broad SMARTS) is 1. The normalized spacial score (nSPS) is 12.0. The van der Waals surface area contributed by atoms with Crippen molar-refractivity contribution in [3.63, 3.8) is 0 Å². The molecule has 3 rings (SSSR count). The van der Waals surface area contributed by atoms with Gasteiger partial charge in [0.05, 0.1) is 12.5 Å². The van der Waals surface area contributed by atoms with Gasteiger partial charge in [0.1, 0.15) is 18.1 Å². The fraction of sp³-hybridized carbons (Fsp3) is 0.238. The molecule has 1 atom stereocenters. The van der Waals surface area contributed by atoms with Crippen molar-refractivity contribution < 1.29 is 28.6 Å². The predicted octanol–water partition coefficient (Wildman–Crippen LogP) is 3.29. The summed E-state index contributed by atoms with van der Waals surface area (Å²) in [6.07, 6.45) is -0.898.